The summed E-state index contributed by atoms with van der Waals surface area (Å²) in [6.45, 7) is 2.95. The molecular formula is C12H25N. The summed E-state index contributed by atoms with van der Waals surface area (Å²) in [7, 11) is 0. The Kier molecular flexibility index (Phi) is 11.4. The second-order valence-electron chi connectivity index (χ2n) is 3.62. The van der Waals surface area contributed by atoms with Crippen molar-refractivity contribution in [2.75, 3.05) is 6.54 Å². The van der Waals surface area contributed by atoms with Crippen LogP contribution in [-0.4, -0.2) is 6.54 Å². The summed E-state index contributed by atoms with van der Waals surface area (Å²) in [6, 6.07) is 0. The molecule has 0 aromatic heterocycles. The van der Waals surface area contributed by atoms with Gasteiger partial charge in [0.05, 0.1) is 0 Å². The maximum atomic E-state index is 5.42. The van der Waals surface area contributed by atoms with Crippen molar-refractivity contribution in [2.45, 2.75) is 58.3 Å². The highest BCUT2D eigenvalue weighted by atomic mass is 14.5. The lowest BCUT2D eigenvalue weighted by atomic mass is 10.1. The van der Waals surface area contributed by atoms with E-state index in [1.807, 2.05) is 0 Å². The quantitative estimate of drug-likeness (QED) is 0.428. The van der Waals surface area contributed by atoms with Gasteiger partial charge in [-0.25, -0.2) is 0 Å². The summed E-state index contributed by atoms with van der Waals surface area (Å²) in [5.74, 6) is 0. The van der Waals surface area contributed by atoms with Crippen LogP contribution >= 0.6 is 0 Å². The zero-order valence-electron chi connectivity index (χ0n) is 9.10. The van der Waals surface area contributed by atoms with Crippen molar-refractivity contribution in [1.82, 2.24) is 0 Å². The monoisotopic (exact) mass is 183 g/mol. The first kappa shape index (κ1) is 12.7. The van der Waals surface area contributed by atoms with E-state index in [-0.39, 0.29) is 0 Å². The van der Waals surface area contributed by atoms with Crippen molar-refractivity contribution in [2.24, 2.45) is 5.73 Å². The molecule has 0 heterocycles. The van der Waals surface area contributed by atoms with E-state index in [0.29, 0.717) is 0 Å². The second kappa shape index (κ2) is 11.7. The first-order chi connectivity index (χ1) is 6.41. The molecule has 0 saturated carbocycles. The smallest absolute Gasteiger partial charge is 0.00773 e. The van der Waals surface area contributed by atoms with Crippen LogP contribution in [0.15, 0.2) is 12.2 Å². The molecule has 1 heteroatoms. The van der Waals surface area contributed by atoms with E-state index in [2.05, 4.69) is 19.1 Å². The Morgan fingerprint density at radius 1 is 0.846 bits per heavy atom. The highest BCUT2D eigenvalue weighted by Crippen LogP contribution is 2.08. The number of hydrogen-bond donors (Lipinski definition) is 1. The minimum absolute atomic E-state index is 0.862. The van der Waals surface area contributed by atoms with Crippen molar-refractivity contribution in [3.63, 3.8) is 0 Å². The first-order valence-corrected chi connectivity index (χ1v) is 5.73. The molecule has 0 bridgehead atoms. The Hall–Kier alpha value is -0.300. The van der Waals surface area contributed by atoms with Crippen LogP contribution < -0.4 is 5.73 Å². The third kappa shape index (κ3) is 11.7. The van der Waals surface area contributed by atoms with Gasteiger partial charge in [-0.1, -0.05) is 44.3 Å². The van der Waals surface area contributed by atoms with Gasteiger partial charge in [0, 0.05) is 0 Å². The number of allylic oxidation sites excluding steroid dienone is 2. The Bertz CT molecular complexity index is 108. The minimum Gasteiger partial charge on any atom is -0.330 e. The number of rotatable bonds is 9. The second-order valence-corrected chi connectivity index (χ2v) is 3.62. The summed E-state index contributed by atoms with van der Waals surface area (Å²) in [5, 5.41) is 0. The predicted molar refractivity (Wildman–Crippen MR) is 60.8 cm³/mol. The number of nitrogens with two attached hydrogens (primary N) is 1. The largest absolute Gasteiger partial charge is 0.330 e. The standard InChI is InChI=1S/C12H25N/c1-2-3-4-5-6-7-8-9-10-11-12-13/h2-3H,4-13H2,1H3/b3-2+. The van der Waals surface area contributed by atoms with Gasteiger partial charge in [-0.2, -0.15) is 0 Å². The molecule has 1 nitrogen and oxygen atoms in total. The van der Waals surface area contributed by atoms with Crippen molar-refractivity contribution < 1.29 is 0 Å². The van der Waals surface area contributed by atoms with E-state index in [9.17, 15) is 0 Å². The lowest BCUT2D eigenvalue weighted by Gasteiger charge is -1.99. The molecule has 0 fully saturated rings. The van der Waals surface area contributed by atoms with Crippen LogP contribution in [0.3, 0.4) is 0 Å². The molecule has 0 aliphatic rings. The van der Waals surface area contributed by atoms with Crippen LogP contribution in [-0.2, 0) is 0 Å². The Labute approximate surface area is 83.4 Å². The maximum Gasteiger partial charge on any atom is -0.00773 e. The molecule has 13 heavy (non-hydrogen) atoms. The molecule has 0 rings (SSSR count). The molecule has 0 atom stereocenters. The van der Waals surface area contributed by atoms with E-state index in [1.165, 1.54) is 51.4 Å². The highest BCUT2D eigenvalue weighted by molar-refractivity contribution is 4.76. The highest BCUT2D eigenvalue weighted by Gasteiger charge is 1.89. The molecule has 0 saturated heterocycles. The van der Waals surface area contributed by atoms with Gasteiger partial charge < -0.3 is 5.73 Å². The molecule has 0 spiro atoms. The summed E-state index contributed by atoms with van der Waals surface area (Å²) in [4.78, 5) is 0. The first-order valence-electron chi connectivity index (χ1n) is 5.73. The maximum absolute atomic E-state index is 5.42. The van der Waals surface area contributed by atoms with Gasteiger partial charge in [0.25, 0.3) is 0 Å². The average molecular weight is 183 g/mol. The zero-order valence-corrected chi connectivity index (χ0v) is 9.10. The van der Waals surface area contributed by atoms with Crippen LogP contribution in [0.25, 0.3) is 0 Å². The van der Waals surface area contributed by atoms with Crippen LogP contribution in [0, 0.1) is 0 Å². The van der Waals surface area contributed by atoms with E-state index in [1.54, 1.807) is 0 Å². The van der Waals surface area contributed by atoms with Crippen molar-refractivity contribution in [3.8, 4) is 0 Å². The molecule has 0 aliphatic heterocycles. The van der Waals surface area contributed by atoms with Gasteiger partial charge in [0.15, 0.2) is 0 Å². The summed E-state index contributed by atoms with van der Waals surface area (Å²) < 4.78 is 0. The van der Waals surface area contributed by atoms with Crippen LogP contribution in [0.1, 0.15) is 58.3 Å². The summed E-state index contributed by atoms with van der Waals surface area (Å²) in [5.41, 5.74) is 5.42. The van der Waals surface area contributed by atoms with Gasteiger partial charge in [0.2, 0.25) is 0 Å². The normalized spacial score (nSPS) is 11.2. The number of unbranched alkanes of at least 4 members (excludes halogenated alkanes) is 7. The van der Waals surface area contributed by atoms with Gasteiger partial charge >= 0.3 is 0 Å². The molecule has 0 aromatic carbocycles. The fourth-order valence-electron chi connectivity index (χ4n) is 1.46. The molecule has 78 valence electrons. The fraction of sp³-hybridized carbons (Fsp3) is 0.833. The minimum atomic E-state index is 0.862. The Morgan fingerprint density at radius 3 is 1.92 bits per heavy atom. The molecule has 0 aromatic rings. The fourth-order valence-corrected chi connectivity index (χ4v) is 1.46. The van der Waals surface area contributed by atoms with Gasteiger partial charge in [0.1, 0.15) is 0 Å². The van der Waals surface area contributed by atoms with Gasteiger partial charge in [-0.3, -0.25) is 0 Å². The van der Waals surface area contributed by atoms with Gasteiger partial charge in [-0.15, -0.1) is 0 Å². The predicted octanol–water partition coefficient (Wildman–Crippen LogP) is 3.64. The third-order valence-electron chi connectivity index (χ3n) is 2.31. The van der Waals surface area contributed by atoms with Crippen molar-refractivity contribution >= 4 is 0 Å². The molecular weight excluding hydrogens is 158 g/mol. The van der Waals surface area contributed by atoms with Crippen LogP contribution in [0.2, 0.25) is 0 Å². The van der Waals surface area contributed by atoms with Crippen molar-refractivity contribution in [1.29, 1.82) is 0 Å². The SMILES string of the molecule is C/C=C/CCCCCCCCCN. The van der Waals surface area contributed by atoms with E-state index < -0.39 is 0 Å². The van der Waals surface area contributed by atoms with Crippen molar-refractivity contribution in [3.05, 3.63) is 12.2 Å². The summed E-state index contributed by atoms with van der Waals surface area (Å²) >= 11 is 0. The Morgan fingerprint density at radius 2 is 1.38 bits per heavy atom. The lowest BCUT2D eigenvalue weighted by Crippen LogP contribution is -1.97. The molecule has 0 aliphatic carbocycles. The molecule has 0 unspecified atom stereocenters. The summed E-state index contributed by atoms with van der Waals surface area (Å²) in [6.07, 6.45) is 15.1. The van der Waals surface area contributed by atoms with E-state index in [4.69, 9.17) is 5.73 Å². The van der Waals surface area contributed by atoms with E-state index >= 15 is 0 Å². The zero-order chi connectivity index (χ0) is 9.78. The van der Waals surface area contributed by atoms with Crippen LogP contribution in [0.5, 0.6) is 0 Å². The van der Waals surface area contributed by atoms with Gasteiger partial charge in [-0.05, 0) is 32.7 Å². The lowest BCUT2D eigenvalue weighted by molar-refractivity contribution is 0.584. The Balaban J connectivity index is 2.83. The average Bonchev–Trinajstić information content (AvgIpc) is 2.16. The van der Waals surface area contributed by atoms with Crippen LogP contribution in [0.4, 0.5) is 0 Å². The molecule has 0 amide bonds. The third-order valence-corrected chi connectivity index (χ3v) is 2.31. The molecule has 2 N–H and O–H groups in total. The van der Waals surface area contributed by atoms with E-state index in [0.717, 1.165) is 6.54 Å². The topological polar surface area (TPSA) is 26.0 Å². The molecule has 0 radical (unpaired) electrons. The number of hydrogen-bond acceptors (Lipinski definition) is 1.